The van der Waals surface area contributed by atoms with Gasteiger partial charge >= 0.3 is 0 Å². The molecule has 1 amide bonds. The van der Waals surface area contributed by atoms with E-state index in [4.69, 9.17) is 23.2 Å². The molecule has 1 saturated heterocycles. The van der Waals surface area contributed by atoms with E-state index in [0.29, 0.717) is 16.6 Å². The maximum atomic E-state index is 12.7. The molecule has 1 fully saturated rings. The lowest BCUT2D eigenvalue weighted by molar-refractivity contribution is -0.137. The number of amides is 1. The first kappa shape index (κ1) is 18.6. The maximum absolute atomic E-state index is 12.7. The van der Waals surface area contributed by atoms with Crippen molar-refractivity contribution < 1.29 is 4.79 Å². The first-order valence-corrected chi connectivity index (χ1v) is 7.69. The van der Waals surface area contributed by atoms with Crippen LogP contribution in [0.5, 0.6) is 0 Å². The van der Waals surface area contributed by atoms with Crippen LogP contribution in [0.25, 0.3) is 0 Å². The van der Waals surface area contributed by atoms with Gasteiger partial charge in [0, 0.05) is 13.6 Å². The third-order valence-electron chi connectivity index (χ3n) is 4.04. The van der Waals surface area contributed by atoms with Gasteiger partial charge in [0.25, 0.3) is 0 Å². The van der Waals surface area contributed by atoms with Gasteiger partial charge in [-0.2, -0.15) is 0 Å². The van der Waals surface area contributed by atoms with E-state index in [9.17, 15) is 4.79 Å². The van der Waals surface area contributed by atoms with Gasteiger partial charge in [-0.25, -0.2) is 0 Å². The summed E-state index contributed by atoms with van der Waals surface area (Å²) in [4.78, 5) is 14.4. The molecular weight excluding hydrogens is 331 g/mol. The molecule has 21 heavy (non-hydrogen) atoms. The molecule has 1 aliphatic heterocycles. The van der Waals surface area contributed by atoms with Crippen molar-refractivity contribution in [3.8, 4) is 0 Å². The molecule has 118 valence electrons. The summed E-state index contributed by atoms with van der Waals surface area (Å²) in [7, 11) is 1.82. The zero-order chi connectivity index (χ0) is 14.8. The van der Waals surface area contributed by atoms with Crippen molar-refractivity contribution in [2.24, 2.45) is 0 Å². The lowest BCUT2D eigenvalue weighted by atomic mass is 9.92. The fourth-order valence-corrected chi connectivity index (χ4v) is 3.18. The van der Waals surface area contributed by atoms with Gasteiger partial charge in [0.1, 0.15) is 0 Å². The Morgan fingerprint density at radius 3 is 2.71 bits per heavy atom. The predicted octanol–water partition coefficient (Wildman–Crippen LogP) is 3.91. The normalized spacial score (nSPS) is 21.0. The highest BCUT2D eigenvalue weighted by Crippen LogP contribution is 2.29. The minimum absolute atomic E-state index is 0. The number of carbonyl (C=O) groups excluding carboxylic acids is 1. The maximum Gasteiger partial charge on any atom is 0.242 e. The van der Waals surface area contributed by atoms with Crippen LogP contribution in [0, 0.1) is 0 Å². The zero-order valence-electron chi connectivity index (χ0n) is 12.3. The number of nitrogens with zero attached hydrogens (tertiary/aromatic N) is 1. The van der Waals surface area contributed by atoms with Crippen molar-refractivity contribution in [2.45, 2.75) is 38.3 Å². The summed E-state index contributed by atoms with van der Waals surface area (Å²) in [6, 6.07) is 5.51. The minimum atomic E-state index is -0.403. The molecule has 1 unspecified atom stereocenters. The van der Waals surface area contributed by atoms with Gasteiger partial charge in [-0.1, -0.05) is 42.3 Å². The molecule has 0 saturated carbocycles. The van der Waals surface area contributed by atoms with E-state index in [-0.39, 0.29) is 18.3 Å². The molecule has 1 aromatic carbocycles. The van der Waals surface area contributed by atoms with Crippen molar-refractivity contribution >= 4 is 41.5 Å². The van der Waals surface area contributed by atoms with Crippen LogP contribution in [0.4, 0.5) is 0 Å². The molecule has 0 radical (unpaired) electrons. The SMILES string of the molecule is CCC1(C(=O)N(C)Cc2cccc(Cl)c2Cl)CCCN1.Cl. The molecule has 1 aliphatic rings. The summed E-state index contributed by atoms with van der Waals surface area (Å²) in [5.74, 6) is 0.133. The number of carbonyl (C=O) groups is 1. The Morgan fingerprint density at radius 2 is 2.14 bits per heavy atom. The smallest absolute Gasteiger partial charge is 0.242 e. The molecule has 1 atom stereocenters. The average Bonchev–Trinajstić information content (AvgIpc) is 2.93. The summed E-state index contributed by atoms with van der Waals surface area (Å²) in [5.41, 5.74) is 0.471. The molecule has 1 N–H and O–H groups in total. The van der Waals surface area contributed by atoms with Gasteiger partial charge < -0.3 is 10.2 Å². The van der Waals surface area contributed by atoms with Gasteiger partial charge in [0.05, 0.1) is 15.6 Å². The van der Waals surface area contributed by atoms with Crippen molar-refractivity contribution in [3.63, 3.8) is 0 Å². The summed E-state index contributed by atoms with van der Waals surface area (Å²) in [5, 5.41) is 4.41. The monoisotopic (exact) mass is 350 g/mol. The fourth-order valence-electron chi connectivity index (χ4n) is 2.81. The van der Waals surface area contributed by atoms with E-state index in [1.165, 1.54) is 0 Å². The van der Waals surface area contributed by atoms with Gasteiger partial charge in [0.2, 0.25) is 5.91 Å². The molecule has 0 spiro atoms. The number of likely N-dealkylation sites (N-methyl/N-ethyl adjacent to an activating group) is 1. The van der Waals surface area contributed by atoms with E-state index < -0.39 is 5.54 Å². The Bertz CT molecular complexity index is 502. The second-order valence-electron chi connectivity index (χ2n) is 5.34. The highest BCUT2D eigenvalue weighted by Gasteiger charge is 2.40. The Balaban J connectivity index is 0.00000220. The fraction of sp³-hybridized carbons (Fsp3) is 0.533. The largest absolute Gasteiger partial charge is 0.340 e. The predicted molar refractivity (Wildman–Crippen MR) is 90.4 cm³/mol. The quantitative estimate of drug-likeness (QED) is 0.892. The minimum Gasteiger partial charge on any atom is -0.340 e. The number of hydrogen-bond donors (Lipinski definition) is 1. The lowest BCUT2D eigenvalue weighted by Crippen LogP contribution is -2.53. The number of rotatable bonds is 4. The Labute approximate surface area is 142 Å². The lowest BCUT2D eigenvalue weighted by Gasteiger charge is -2.32. The highest BCUT2D eigenvalue weighted by atomic mass is 35.5. The van der Waals surface area contributed by atoms with Gasteiger partial charge in [-0.15, -0.1) is 12.4 Å². The molecule has 3 nitrogen and oxygen atoms in total. The Morgan fingerprint density at radius 1 is 1.43 bits per heavy atom. The first-order chi connectivity index (χ1) is 9.50. The van der Waals surface area contributed by atoms with Crippen LogP contribution < -0.4 is 5.32 Å². The van der Waals surface area contributed by atoms with E-state index in [1.54, 1.807) is 11.0 Å². The van der Waals surface area contributed by atoms with Crippen LogP contribution in [0.15, 0.2) is 18.2 Å². The second-order valence-corrected chi connectivity index (χ2v) is 6.13. The average molecular weight is 352 g/mol. The molecule has 0 aliphatic carbocycles. The van der Waals surface area contributed by atoms with E-state index >= 15 is 0 Å². The van der Waals surface area contributed by atoms with Gasteiger partial charge in [-0.3, -0.25) is 4.79 Å². The third kappa shape index (κ3) is 3.84. The van der Waals surface area contributed by atoms with Crippen LogP contribution in [-0.4, -0.2) is 29.9 Å². The standard InChI is InChI=1S/C15H20Cl2N2O.ClH/c1-3-15(8-5-9-18-15)14(20)19(2)10-11-6-4-7-12(16)13(11)17;/h4,6-7,18H,3,5,8-10H2,1-2H3;1H. The molecule has 0 aromatic heterocycles. The zero-order valence-corrected chi connectivity index (χ0v) is 14.6. The second kappa shape index (κ2) is 7.68. The highest BCUT2D eigenvalue weighted by molar-refractivity contribution is 6.42. The number of hydrogen-bond acceptors (Lipinski definition) is 2. The topological polar surface area (TPSA) is 32.3 Å². The summed E-state index contributed by atoms with van der Waals surface area (Å²) in [6.45, 7) is 3.43. The summed E-state index contributed by atoms with van der Waals surface area (Å²) < 4.78 is 0. The van der Waals surface area contributed by atoms with Crippen LogP contribution in [0.2, 0.25) is 10.0 Å². The van der Waals surface area contributed by atoms with Gasteiger partial charge in [0.15, 0.2) is 0 Å². The molecular formula is C15H21Cl3N2O. The molecule has 2 rings (SSSR count). The van der Waals surface area contributed by atoms with Crippen LogP contribution in [0.3, 0.4) is 0 Å². The van der Waals surface area contributed by atoms with Crippen LogP contribution >= 0.6 is 35.6 Å². The van der Waals surface area contributed by atoms with Gasteiger partial charge in [-0.05, 0) is 37.4 Å². The van der Waals surface area contributed by atoms with Crippen molar-refractivity contribution in [3.05, 3.63) is 33.8 Å². The number of nitrogens with one attached hydrogen (secondary N) is 1. The van der Waals surface area contributed by atoms with Crippen molar-refractivity contribution in [1.82, 2.24) is 10.2 Å². The van der Waals surface area contributed by atoms with Crippen molar-refractivity contribution in [2.75, 3.05) is 13.6 Å². The Hall–Kier alpha value is -0.480. The van der Waals surface area contributed by atoms with E-state index in [1.807, 2.05) is 19.2 Å². The molecule has 6 heteroatoms. The van der Waals surface area contributed by atoms with E-state index in [0.717, 1.165) is 31.4 Å². The van der Waals surface area contributed by atoms with E-state index in [2.05, 4.69) is 12.2 Å². The molecule has 1 aromatic rings. The number of benzene rings is 1. The number of halogens is 3. The summed E-state index contributed by atoms with van der Waals surface area (Å²) in [6.07, 6.45) is 2.75. The Kier molecular flexibility index (Phi) is 6.79. The molecule has 0 bridgehead atoms. The first-order valence-electron chi connectivity index (χ1n) is 6.93. The third-order valence-corrected chi connectivity index (χ3v) is 4.90. The van der Waals surface area contributed by atoms with Crippen LogP contribution in [-0.2, 0) is 11.3 Å². The van der Waals surface area contributed by atoms with Crippen molar-refractivity contribution in [1.29, 1.82) is 0 Å². The van der Waals surface area contributed by atoms with Crippen LogP contribution in [0.1, 0.15) is 31.7 Å². The summed E-state index contributed by atoms with van der Waals surface area (Å²) >= 11 is 12.2. The molecule has 1 heterocycles.